The normalized spacial score (nSPS) is 10.6. The van der Waals surface area contributed by atoms with Crippen molar-refractivity contribution in [2.24, 2.45) is 5.10 Å². The lowest BCUT2D eigenvalue weighted by molar-refractivity contribution is -0.139. The number of ether oxygens (including phenoxy) is 2. The number of benzene rings is 1. The van der Waals surface area contributed by atoms with Crippen LogP contribution in [0.25, 0.3) is 0 Å². The van der Waals surface area contributed by atoms with Crippen LogP contribution in [-0.2, 0) is 4.79 Å². The lowest BCUT2D eigenvalue weighted by atomic mass is 10.2. The van der Waals surface area contributed by atoms with Gasteiger partial charge in [-0.15, -0.1) is 0 Å². The molecule has 0 bridgehead atoms. The van der Waals surface area contributed by atoms with E-state index in [1.54, 1.807) is 25.1 Å². The van der Waals surface area contributed by atoms with Crippen LogP contribution >= 0.6 is 27.5 Å². The SMILES string of the molecule is CCOc1cc(C=NNC(=O)c2cccnc2Cl)cc(Br)c1OCC(=O)O. The Balaban J connectivity index is 2.15. The first-order chi connectivity index (χ1) is 12.9. The van der Waals surface area contributed by atoms with Gasteiger partial charge in [0.25, 0.3) is 5.91 Å². The summed E-state index contributed by atoms with van der Waals surface area (Å²) >= 11 is 9.17. The first kappa shape index (κ1) is 20.7. The molecule has 1 aromatic carbocycles. The van der Waals surface area contributed by atoms with Crippen LogP contribution < -0.4 is 14.9 Å². The van der Waals surface area contributed by atoms with Crippen molar-refractivity contribution in [3.63, 3.8) is 0 Å². The summed E-state index contributed by atoms with van der Waals surface area (Å²) in [6, 6.07) is 6.37. The standard InChI is InChI=1S/C17H15BrClN3O5/c1-2-26-13-7-10(6-12(18)15(13)27-9-14(23)24)8-21-22-17(25)11-4-3-5-20-16(11)19/h3-8H,2,9H2,1H3,(H,22,25)(H,23,24). The van der Waals surface area contributed by atoms with E-state index in [9.17, 15) is 9.59 Å². The molecule has 0 aliphatic heterocycles. The number of nitrogens with zero attached hydrogens (tertiary/aromatic N) is 2. The Labute approximate surface area is 168 Å². The topological polar surface area (TPSA) is 110 Å². The van der Waals surface area contributed by atoms with Crippen molar-refractivity contribution in [1.82, 2.24) is 10.4 Å². The number of amides is 1. The fraction of sp³-hybridized carbons (Fsp3) is 0.176. The number of carbonyl (C=O) groups excluding carboxylic acids is 1. The molecule has 0 atom stereocenters. The summed E-state index contributed by atoms with van der Waals surface area (Å²) in [5.74, 6) is -1.000. The van der Waals surface area contributed by atoms with E-state index in [2.05, 4.69) is 31.4 Å². The van der Waals surface area contributed by atoms with Crippen LogP contribution in [0.1, 0.15) is 22.8 Å². The Kier molecular flexibility index (Phi) is 7.56. The molecule has 2 aromatic rings. The average molecular weight is 457 g/mol. The number of rotatable bonds is 8. The number of pyridine rings is 1. The molecule has 0 saturated heterocycles. The minimum Gasteiger partial charge on any atom is -0.490 e. The molecule has 27 heavy (non-hydrogen) atoms. The van der Waals surface area contributed by atoms with Gasteiger partial charge in [0.05, 0.1) is 22.9 Å². The van der Waals surface area contributed by atoms with Gasteiger partial charge in [-0.05, 0) is 52.7 Å². The average Bonchev–Trinajstić information content (AvgIpc) is 2.61. The molecule has 0 spiro atoms. The molecule has 2 N–H and O–H groups in total. The molecule has 10 heteroatoms. The molecular weight excluding hydrogens is 442 g/mol. The maximum absolute atomic E-state index is 12.0. The third kappa shape index (κ3) is 5.93. The molecule has 0 fully saturated rings. The largest absolute Gasteiger partial charge is 0.490 e. The lowest BCUT2D eigenvalue weighted by Gasteiger charge is -2.13. The maximum Gasteiger partial charge on any atom is 0.341 e. The zero-order valence-corrected chi connectivity index (χ0v) is 16.5. The molecule has 8 nitrogen and oxygen atoms in total. The van der Waals surface area contributed by atoms with Crippen LogP contribution in [0.4, 0.5) is 0 Å². The van der Waals surface area contributed by atoms with E-state index in [0.29, 0.717) is 22.4 Å². The van der Waals surface area contributed by atoms with Crippen molar-refractivity contribution in [2.75, 3.05) is 13.2 Å². The molecule has 0 aliphatic carbocycles. The third-order valence-electron chi connectivity index (χ3n) is 3.06. The Morgan fingerprint density at radius 2 is 2.19 bits per heavy atom. The second-order valence-corrected chi connectivity index (χ2v) is 6.20. The minimum atomic E-state index is -1.10. The predicted octanol–water partition coefficient (Wildman–Crippen LogP) is 3.12. The van der Waals surface area contributed by atoms with Gasteiger partial charge in [0.1, 0.15) is 5.15 Å². The van der Waals surface area contributed by atoms with Gasteiger partial charge < -0.3 is 14.6 Å². The number of nitrogens with one attached hydrogen (secondary N) is 1. The summed E-state index contributed by atoms with van der Waals surface area (Å²) in [5.41, 5.74) is 3.14. The summed E-state index contributed by atoms with van der Waals surface area (Å²) in [5, 5.41) is 12.7. The summed E-state index contributed by atoms with van der Waals surface area (Å²) in [7, 11) is 0. The lowest BCUT2D eigenvalue weighted by Crippen LogP contribution is -2.18. The highest BCUT2D eigenvalue weighted by Crippen LogP contribution is 2.36. The number of carboxylic acids is 1. The van der Waals surface area contributed by atoms with Gasteiger partial charge in [-0.2, -0.15) is 5.10 Å². The summed E-state index contributed by atoms with van der Waals surface area (Å²) < 4.78 is 11.2. The summed E-state index contributed by atoms with van der Waals surface area (Å²) in [6.45, 7) is 1.63. The summed E-state index contributed by atoms with van der Waals surface area (Å²) in [4.78, 5) is 26.6. The Morgan fingerprint density at radius 3 is 2.85 bits per heavy atom. The van der Waals surface area contributed by atoms with Crippen molar-refractivity contribution in [3.8, 4) is 11.5 Å². The smallest absolute Gasteiger partial charge is 0.341 e. The van der Waals surface area contributed by atoms with Crippen molar-refractivity contribution in [1.29, 1.82) is 0 Å². The second kappa shape index (κ2) is 9.89. The Bertz CT molecular complexity index is 876. The molecule has 142 valence electrons. The minimum absolute atomic E-state index is 0.0755. The van der Waals surface area contributed by atoms with Gasteiger partial charge >= 0.3 is 5.97 Å². The van der Waals surface area contributed by atoms with E-state index >= 15 is 0 Å². The number of carboxylic acid groups (broad SMARTS) is 1. The van der Waals surface area contributed by atoms with Gasteiger partial charge in [0, 0.05) is 6.20 Å². The molecule has 1 heterocycles. The van der Waals surface area contributed by atoms with Crippen molar-refractivity contribution >= 4 is 45.6 Å². The van der Waals surface area contributed by atoms with Crippen LogP contribution in [0.15, 0.2) is 40.0 Å². The van der Waals surface area contributed by atoms with Gasteiger partial charge in [-0.25, -0.2) is 15.2 Å². The third-order valence-corrected chi connectivity index (χ3v) is 3.95. The van der Waals surface area contributed by atoms with Gasteiger partial charge in [0.15, 0.2) is 18.1 Å². The molecule has 0 saturated carbocycles. The van der Waals surface area contributed by atoms with Crippen molar-refractivity contribution < 1.29 is 24.2 Å². The fourth-order valence-electron chi connectivity index (χ4n) is 1.98. The second-order valence-electron chi connectivity index (χ2n) is 4.99. The number of aromatic nitrogens is 1. The van der Waals surface area contributed by atoms with E-state index < -0.39 is 18.5 Å². The molecule has 1 amide bonds. The van der Waals surface area contributed by atoms with Crippen LogP contribution in [0, 0.1) is 0 Å². The van der Waals surface area contributed by atoms with E-state index in [-0.39, 0.29) is 16.5 Å². The number of hydrogen-bond acceptors (Lipinski definition) is 6. The monoisotopic (exact) mass is 455 g/mol. The number of carbonyl (C=O) groups is 2. The quantitative estimate of drug-likeness (QED) is 0.359. The van der Waals surface area contributed by atoms with Crippen LogP contribution in [-0.4, -0.2) is 41.4 Å². The molecule has 0 unspecified atom stereocenters. The van der Waals surface area contributed by atoms with E-state index in [1.165, 1.54) is 18.5 Å². The Hall–Kier alpha value is -2.65. The van der Waals surface area contributed by atoms with Crippen LogP contribution in [0.5, 0.6) is 11.5 Å². The van der Waals surface area contributed by atoms with E-state index in [1.807, 2.05) is 0 Å². The molecule has 1 aromatic heterocycles. The molecule has 0 radical (unpaired) electrons. The highest BCUT2D eigenvalue weighted by molar-refractivity contribution is 9.10. The van der Waals surface area contributed by atoms with Gasteiger partial charge in [-0.3, -0.25) is 4.79 Å². The van der Waals surface area contributed by atoms with Gasteiger partial charge in [-0.1, -0.05) is 11.6 Å². The predicted molar refractivity (Wildman–Crippen MR) is 103 cm³/mol. The van der Waals surface area contributed by atoms with Crippen molar-refractivity contribution in [3.05, 3.63) is 51.2 Å². The van der Waals surface area contributed by atoms with Crippen molar-refractivity contribution in [2.45, 2.75) is 6.92 Å². The van der Waals surface area contributed by atoms with Crippen LogP contribution in [0.2, 0.25) is 5.15 Å². The van der Waals surface area contributed by atoms with Crippen LogP contribution in [0.3, 0.4) is 0 Å². The van der Waals surface area contributed by atoms with E-state index in [0.717, 1.165) is 0 Å². The first-order valence-electron chi connectivity index (χ1n) is 7.67. The number of hydrogen-bond donors (Lipinski definition) is 2. The van der Waals surface area contributed by atoms with Gasteiger partial charge in [0.2, 0.25) is 0 Å². The maximum atomic E-state index is 12.0. The molecular formula is C17H15BrClN3O5. The zero-order valence-electron chi connectivity index (χ0n) is 14.1. The molecule has 0 aliphatic rings. The first-order valence-corrected chi connectivity index (χ1v) is 8.84. The van der Waals surface area contributed by atoms with E-state index in [4.69, 9.17) is 26.2 Å². The zero-order chi connectivity index (χ0) is 19.8. The molecule has 2 rings (SSSR count). The Morgan fingerprint density at radius 1 is 1.41 bits per heavy atom. The number of hydrazone groups is 1. The number of halogens is 2. The summed E-state index contributed by atoms with van der Waals surface area (Å²) in [6.07, 6.45) is 2.87. The highest BCUT2D eigenvalue weighted by Gasteiger charge is 2.14. The fourth-order valence-corrected chi connectivity index (χ4v) is 2.76. The number of aliphatic carboxylic acids is 1. The highest BCUT2D eigenvalue weighted by atomic mass is 79.9.